The van der Waals surface area contributed by atoms with Crippen LogP contribution in [0.5, 0.6) is 0 Å². The molecule has 0 aliphatic heterocycles. The molecular formula is C16H26N2. The predicted molar refractivity (Wildman–Crippen MR) is 83.1 cm³/mol. The van der Waals surface area contributed by atoms with Gasteiger partial charge in [0.05, 0.1) is 5.71 Å². The molecule has 18 heavy (non-hydrogen) atoms. The molecule has 0 radical (unpaired) electrons. The molecule has 0 aliphatic carbocycles. The van der Waals surface area contributed by atoms with Gasteiger partial charge < -0.3 is 0 Å². The Hall–Kier alpha value is -1.70. The molecule has 2 heteroatoms. The molecule has 2 nitrogen and oxygen atoms in total. The lowest BCUT2D eigenvalue weighted by atomic mass is 10.1. The van der Waals surface area contributed by atoms with Crippen LogP contribution in [0.15, 0.2) is 53.9 Å². The minimum absolute atomic E-state index is 0.929. The van der Waals surface area contributed by atoms with E-state index in [4.69, 9.17) is 0 Å². The maximum absolute atomic E-state index is 4.31. The first kappa shape index (κ1) is 18.7. The molecule has 0 bridgehead atoms. The van der Waals surface area contributed by atoms with Crippen LogP contribution in [0.4, 0.5) is 0 Å². The SMILES string of the molecule is CC.CC.C\C=C/N=C(\C=C/C)c1cccnc1. The van der Waals surface area contributed by atoms with E-state index in [-0.39, 0.29) is 0 Å². The van der Waals surface area contributed by atoms with Crippen LogP contribution in [-0.4, -0.2) is 10.7 Å². The lowest BCUT2D eigenvalue weighted by Crippen LogP contribution is -1.95. The summed E-state index contributed by atoms with van der Waals surface area (Å²) in [6.07, 6.45) is 11.2. The third-order valence-corrected chi connectivity index (χ3v) is 1.64. The Labute approximate surface area is 112 Å². The lowest BCUT2D eigenvalue weighted by Gasteiger charge is -1.98. The van der Waals surface area contributed by atoms with Crippen molar-refractivity contribution >= 4 is 5.71 Å². The van der Waals surface area contributed by atoms with E-state index >= 15 is 0 Å². The highest BCUT2D eigenvalue weighted by Gasteiger charge is 1.96. The van der Waals surface area contributed by atoms with Gasteiger partial charge in [0.1, 0.15) is 0 Å². The van der Waals surface area contributed by atoms with E-state index in [0.717, 1.165) is 11.3 Å². The fourth-order valence-electron chi connectivity index (χ4n) is 1.04. The van der Waals surface area contributed by atoms with E-state index in [0.29, 0.717) is 0 Å². The van der Waals surface area contributed by atoms with E-state index in [2.05, 4.69) is 9.98 Å². The predicted octanol–water partition coefficient (Wildman–Crippen LogP) is 5.03. The quantitative estimate of drug-likeness (QED) is 0.686. The first-order valence-electron chi connectivity index (χ1n) is 6.60. The van der Waals surface area contributed by atoms with Crippen molar-refractivity contribution < 1.29 is 0 Å². The Kier molecular flexibility index (Phi) is 15.9. The molecule has 1 aromatic heterocycles. The van der Waals surface area contributed by atoms with Crippen LogP contribution in [-0.2, 0) is 0 Å². The van der Waals surface area contributed by atoms with E-state index < -0.39 is 0 Å². The lowest BCUT2D eigenvalue weighted by molar-refractivity contribution is 1.31. The second-order valence-electron chi connectivity index (χ2n) is 2.74. The second-order valence-corrected chi connectivity index (χ2v) is 2.74. The van der Waals surface area contributed by atoms with Gasteiger partial charge in [0.2, 0.25) is 0 Å². The van der Waals surface area contributed by atoms with Crippen molar-refractivity contribution in [3.8, 4) is 0 Å². The molecule has 0 saturated carbocycles. The molecule has 0 fully saturated rings. The van der Waals surface area contributed by atoms with Crippen LogP contribution in [0.3, 0.4) is 0 Å². The van der Waals surface area contributed by atoms with Crippen LogP contribution < -0.4 is 0 Å². The Morgan fingerprint density at radius 3 is 2.22 bits per heavy atom. The number of aromatic nitrogens is 1. The maximum atomic E-state index is 4.31. The van der Waals surface area contributed by atoms with Crippen LogP contribution in [0, 0.1) is 0 Å². The Morgan fingerprint density at radius 2 is 1.78 bits per heavy atom. The Balaban J connectivity index is 0. The monoisotopic (exact) mass is 246 g/mol. The number of allylic oxidation sites excluding steroid dienone is 3. The van der Waals surface area contributed by atoms with Gasteiger partial charge in [0.25, 0.3) is 0 Å². The van der Waals surface area contributed by atoms with Gasteiger partial charge >= 0.3 is 0 Å². The highest BCUT2D eigenvalue weighted by Crippen LogP contribution is 2.01. The molecule has 1 aromatic rings. The summed E-state index contributed by atoms with van der Waals surface area (Å²) in [5, 5.41) is 0. The fourth-order valence-corrected chi connectivity index (χ4v) is 1.04. The molecule has 0 unspecified atom stereocenters. The molecule has 0 aliphatic rings. The summed E-state index contributed by atoms with van der Waals surface area (Å²) in [5.41, 5.74) is 1.96. The Bertz CT molecular complexity index is 349. The summed E-state index contributed by atoms with van der Waals surface area (Å²) in [6, 6.07) is 3.90. The van der Waals surface area contributed by atoms with Gasteiger partial charge in [-0.05, 0) is 32.1 Å². The fraction of sp³-hybridized carbons (Fsp3) is 0.375. The van der Waals surface area contributed by atoms with Gasteiger partial charge in [0, 0.05) is 24.2 Å². The van der Waals surface area contributed by atoms with Crippen LogP contribution in [0.1, 0.15) is 47.1 Å². The molecule has 0 amide bonds. The number of pyridine rings is 1. The molecular weight excluding hydrogens is 220 g/mol. The molecule has 0 aromatic carbocycles. The molecule has 0 N–H and O–H groups in total. The van der Waals surface area contributed by atoms with Crippen molar-refractivity contribution in [2.75, 3.05) is 0 Å². The highest BCUT2D eigenvalue weighted by atomic mass is 14.7. The molecule has 0 spiro atoms. The minimum Gasteiger partial charge on any atom is -0.264 e. The summed E-state index contributed by atoms with van der Waals surface area (Å²) < 4.78 is 0. The van der Waals surface area contributed by atoms with E-state index in [1.54, 1.807) is 12.4 Å². The normalized spacial score (nSPS) is 10.7. The zero-order chi connectivity index (χ0) is 14.2. The van der Waals surface area contributed by atoms with Gasteiger partial charge in [-0.15, -0.1) is 0 Å². The van der Waals surface area contributed by atoms with Crippen molar-refractivity contribution in [1.82, 2.24) is 4.98 Å². The minimum atomic E-state index is 0.929. The Morgan fingerprint density at radius 1 is 1.11 bits per heavy atom. The first-order valence-corrected chi connectivity index (χ1v) is 6.60. The van der Waals surface area contributed by atoms with Crippen LogP contribution in [0.2, 0.25) is 0 Å². The zero-order valence-corrected chi connectivity index (χ0v) is 12.5. The van der Waals surface area contributed by atoms with Gasteiger partial charge in [0.15, 0.2) is 0 Å². The number of hydrogen-bond donors (Lipinski definition) is 0. The molecule has 1 rings (SSSR count). The van der Waals surface area contributed by atoms with Crippen molar-refractivity contribution in [2.45, 2.75) is 41.5 Å². The van der Waals surface area contributed by atoms with E-state index in [1.807, 2.05) is 78.1 Å². The number of nitrogens with zero attached hydrogens (tertiary/aromatic N) is 2. The molecule has 1 heterocycles. The van der Waals surface area contributed by atoms with Gasteiger partial charge in [-0.25, -0.2) is 0 Å². The zero-order valence-electron chi connectivity index (χ0n) is 12.5. The first-order chi connectivity index (χ1) is 8.88. The molecule has 100 valence electrons. The summed E-state index contributed by atoms with van der Waals surface area (Å²) >= 11 is 0. The molecule has 0 atom stereocenters. The number of aliphatic imine (C=N–C) groups is 1. The summed E-state index contributed by atoms with van der Waals surface area (Å²) in [4.78, 5) is 8.37. The van der Waals surface area contributed by atoms with Gasteiger partial charge in [-0.1, -0.05) is 39.8 Å². The smallest absolute Gasteiger partial charge is 0.0714 e. The summed E-state index contributed by atoms with van der Waals surface area (Å²) in [6.45, 7) is 11.9. The molecule has 0 saturated heterocycles. The van der Waals surface area contributed by atoms with Crippen molar-refractivity contribution in [1.29, 1.82) is 0 Å². The van der Waals surface area contributed by atoms with Crippen molar-refractivity contribution in [2.24, 2.45) is 4.99 Å². The standard InChI is InChI=1S/C12H14N2.2C2H6/c1-3-6-12(14-8-4-2)11-7-5-9-13-10-11;2*1-2/h3-10H,1-2H3;2*1-2H3/b6-3-,8-4-,14-12+;;. The van der Waals surface area contributed by atoms with Crippen molar-refractivity contribution in [3.63, 3.8) is 0 Å². The maximum Gasteiger partial charge on any atom is 0.0714 e. The number of rotatable bonds is 3. The van der Waals surface area contributed by atoms with Crippen LogP contribution in [0.25, 0.3) is 0 Å². The summed E-state index contributed by atoms with van der Waals surface area (Å²) in [7, 11) is 0. The number of hydrogen-bond acceptors (Lipinski definition) is 2. The van der Waals surface area contributed by atoms with Crippen LogP contribution >= 0.6 is 0 Å². The largest absolute Gasteiger partial charge is 0.264 e. The average molecular weight is 246 g/mol. The third kappa shape index (κ3) is 8.45. The van der Waals surface area contributed by atoms with Gasteiger partial charge in [-0.2, -0.15) is 0 Å². The second kappa shape index (κ2) is 15.3. The van der Waals surface area contributed by atoms with Gasteiger partial charge in [-0.3, -0.25) is 9.98 Å². The van der Waals surface area contributed by atoms with Crippen molar-refractivity contribution in [3.05, 3.63) is 54.5 Å². The third-order valence-electron chi connectivity index (χ3n) is 1.64. The van der Waals surface area contributed by atoms with E-state index in [1.165, 1.54) is 0 Å². The topological polar surface area (TPSA) is 25.2 Å². The highest BCUT2D eigenvalue weighted by molar-refractivity contribution is 6.08. The average Bonchev–Trinajstić information content (AvgIpc) is 2.48. The van der Waals surface area contributed by atoms with E-state index in [9.17, 15) is 0 Å². The summed E-state index contributed by atoms with van der Waals surface area (Å²) in [5.74, 6) is 0.